The number of nitrogens with one attached hydrogen (secondary N) is 1. The number of hydrogen-bond acceptors (Lipinski definition) is 5. The number of nitrogens with two attached hydrogens (primary N) is 1. The van der Waals surface area contributed by atoms with Crippen molar-refractivity contribution in [1.29, 1.82) is 0 Å². The van der Waals surface area contributed by atoms with E-state index in [-0.39, 0.29) is 6.04 Å². The Bertz CT molecular complexity index is 525. The zero-order valence-electron chi connectivity index (χ0n) is 11.0. The van der Waals surface area contributed by atoms with Crippen molar-refractivity contribution >= 4 is 0 Å². The van der Waals surface area contributed by atoms with Gasteiger partial charge < -0.3 is 5.73 Å². The van der Waals surface area contributed by atoms with Gasteiger partial charge in [-0.3, -0.25) is 4.90 Å². The molecule has 6 heteroatoms. The van der Waals surface area contributed by atoms with Gasteiger partial charge in [0.2, 0.25) is 0 Å². The monoisotopic (exact) mass is 258 g/mol. The lowest BCUT2D eigenvalue weighted by atomic mass is 9.92. The van der Waals surface area contributed by atoms with Crippen molar-refractivity contribution in [1.82, 2.24) is 25.5 Å². The minimum atomic E-state index is -0.512. The molecule has 1 saturated heterocycles. The molecule has 2 atom stereocenters. The number of H-pyrrole nitrogens is 1. The largest absolute Gasteiger partial charge is 0.317 e. The molecule has 0 amide bonds. The van der Waals surface area contributed by atoms with Gasteiger partial charge in [0.15, 0.2) is 5.82 Å². The molecule has 3 rings (SSSR count). The predicted molar refractivity (Wildman–Crippen MR) is 71.0 cm³/mol. The van der Waals surface area contributed by atoms with E-state index >= 15 is 0 Å². The highest BCUT2D eigenvalue weighted by molar-refractivity contribution is 5.17. The molecule has 0 aliphatic carbocycles. The fraction of sp³-hybridized carbons (Fsp3) is 0.462. The molecule has 2 aromatic rings. The molecule has 1 aliphatic rings. The summed E-state index contributed by atoms with van der Waals surface area (Å²) >= 11 is 0. The van der Waals surface area contributed by atoms with E-state index in [9.17, 15) is 0 Å². The fourth-order valence-corrected chi connectivity index (χ4v) is 2.75. The molecule has 0 spiro atoms. The maximum atomic E-state index is 6.49. The van der Waals surface area contributed by atoms with Crippen LogP contribution in [0.2, 0.25) is 0 Å². The van der Waals surface area contributed by atoms with Gasteiger partial charge in [-0.1, -0.05) is 35.5 Å². The highest BCUT2D eigenvalue weighted by atomic mass is 15.5. The van der Waals surface area contributed by atoms with E-state index in [1.807, 2.05) is 6.07 Å². The van der Waals surface area contributed by atoms with Gasteiger partial charge in [-0.2, -0.15) is 5.21 Å². The van der Waals surface area contributed by atoms with Gasteiger partial charge in [-0.15, -0.1) is 10.2 Å². The molecule has 100 valence electrons. The third kappa shape index (κ3) is 2.13. The summed E-state index contributed by atoms with van der Waals surface area (Å²) in [6, 6.07) is 10.6. The molecule has 1 fully saturated rings. The Morgan fingerprint density at radius 2 is 2.21 bits per heavy atom. The third-order valence-corrected chi connectivity index (χ3v) is 4.10. The van der Waals surface area contributed by atoms with Crippen LogP contribution >= 0.6 is 0 Å². The van der Waals surface area contributed by atoms with Crippen LogP contribution < -0.4 is 5.73 Å². The molecule has 3 N–H and O–H groups in total. The minimum absolute atomic E-state index is 0.185. The Kier molecular flexibility index (Phi) is 3.04. The number of aromatic amines is 1. The van der Waals surface area contributed by atoms with Crippen molar-refractivity contribution in [2.24, 2.45) is 5.73 Å². The first-order valence-corrected chi connectivity index (χ1v) is 6.51. The average molecular weight is 258 g/mol. The first kappa shape index (κ1) is 12.3. The van der Waals surface area contributed by atoms with E-state index in [0.29, 0.717) is 5.82 Å². The standard InChI is InChI=1S/C13H18N6/c1-10-13(14,12-15-17-18-16-12)7-8-19(10)9-11-5-3-2-4-6-11/h2-6,10H,7-9,14H2,1H3,(H,15,16,17,18). The van der Waals surface area contributed by atoms with E-state index in [0.717, 1.165) is 19.5 Å². The summed E-state index contributed by atoms with van der Waals surface area (Å²) in [6.07, 6.45) is 0.848. The maximum Gasteiger partial charge on any atom is 0.195 e. The van der Waals surface area contributed by atoms with Crippen molar-refractivity contribution < 1.29 is 0 Å². The second kappa shape index (κ2) is 4.71. The van der Waals surface area contributed by atoms with Crippen LogP contribution in [0, 0.1) is 0 Å². The molecule has 1 aliphatic heterocycles. The van der Waals surface area contributed by atoms with Gasteiger partial charge in [0.25, 0.3) is 0 Å². The molecule has 1 aromatic carbocycles. The molecular weight excluding hydrogens is 240 g/mol. The lowest BCUT2D eigenvalue weighted by Gasteiger charge is -2.29. The van der Waals surface area contributed by atoms with Gasteiger partial charge in [-0.25, -0.2) is 0 Å². The second-order valence-electron chi connectivity index (χ2n) is 5.16. The quantitative estimate of drug-likeness (QED) is 0.844. The summed E-state index contributed by atoms with van der Waals surface area (Å²) in [5.74, 6) is 0.607. The molecule has 0 saturated carbocycles. The molecule has 6 nitrogen and oxygen atoms in total. The number of nitrogens with zero attached hydrogens (tertiary/aromatic N) is 4. The van der Waals surface area contributed by atoms with Crippen LogP contribution in [-0.4, -0.2) is 38.1 Å². The van der Waals surface area contributed by atoms with E-state index in [1.54, 1.807) is 0 Å². The first-order valence-electron chi connectivity index (χ1n) is 6.51. The Morgan fingerprint density at radius 1 is 1.42 bits per heavy atom. The topological polar surface area (TPSA) is 83.7 Å². The van der Waals surface area contributed by atoms with Gasteiger partial charge in [0.1, 0.15) is 0 Å². The summed E-state index contributed by atoms with van der Waals surface area (Å²) in [7, 11) is 0. The fourth-order valence-electron chi connectivity index (χ4n) is 2.75. The van der Waals surface area contributed by atoms with Crippen molar-refractivity contribution in [2.75, 3.05) is 6.54 Å². The number of benzene rings is 1. The van der Waals surface area contributed by atoms with Crippen LogP contribution in [-0.2, 0) is 12.1 Å². The van der Waals surface area contributed by atoms with E-state index in [4.69, 9.17) is 5.73 Å². The van der Waals surface area contributed by atoms with Crippen LogP contribution in [0.15, 0.2) is 30.3 Å². The minimum Gasteiger partial charge on any atom is -0.317 e. The smallest absolute Gasteiger partial charge is 0.195 e. The summed E-state index contributed by atoms with van der Waals surface area (Å²) in [4.78, 5) is 2.37. The highest BCUT2D eigenvalue weighted by Gasteiger charge is 2.45. The number of rotatable bonds is 3. The first-order chi connectivity index (χ1) is 9.20. The average Bonchev–Trinajstić information content (AvgIpc) is 3.05. The summed E-state index contributed by atoms with van der Waals surface area (Å²) in [5, 5.41) is 14.2. The van der Waals surface area contributed by atoms with Gasteiger partial charge >= 0.3 is 0 Å². The van der Waals surface area contributed by atoms with E-state index in [1.165, 1.54) is 5.56 Å². The molecule has 0 radical (unpaired) electrons. The number of aromatic nitrogens is 4. The Hall–Kier alpha value is -1.79. The summed E-state index contributed by atoms with van der Waals surface area (Å²) in [6.45, 7) is 3.98. The number of hydrogen-bond donors (Lipinski definition) is 2. The highest BCUT2D eigenvalue weighted by Crippen LogP contribution is 2.33. The van der Waals surface area contributed by atoms with Crippen molar-refractivity contribution in [3.8, 4) is 0 Å². The molecule has 2 heterocycles. The lowest BCUT2D eigenvalue weighted by Crippen LogP contribution is -2.47. The number of likely N-dealkylation sites (tertiary alicyclic amines) is 1. The second-order valence-corrected chi connectivity index (χ2v) is 5.16. The Morgan fingerprint density at radius 3 is 2.89 bits per heavy atom. The molecule has 0 bridgehead atoms. The van der Waals surface area contributed by atoms with Crippen LogP contribution in [0.4, 0.5) is 0 Å². The van der Waals surface area contributed by atoms with E-state index in [2.05, 4.69) is 56.7 Å². The molecule has 2 unspecified atom stereocenters. The van der Waals surface area contributed by atoms with Gasteiger partial charge in [-0.05, 0) is 18.9 Å². The van der Waals surface area contributed by atoms with E-state index < -0.39 is 5.54 Å². The summed E-state index contributed by atoms with van der Waals surface area (Å²) in [5.41, 5.74) is 7.27. The molecule has 19 heavy (non-hydrogen) atoms. The normalized spacial score (nSPS) is 27.8. The van der Waals surface area contributed by atoms with Crippen LogP contribution in [0.3, 0.4) is 0 Å². The van der Waals surface area contributed by atoms with Crippen molar-refractivity contribution in [3.63, 3.8) is 0 Å². The zero-order chi connectivity index (χ0) is 13.3. The van der Waals surface area contributed by atoms with Crippen molar-refractivity contribution in [3.05, 3.63) is 41.7 Å². The summed E-state index contributed by atoms with van der Waals surface area (Å²) < 4.78 is 0. The predicted octanol–water partition coefficient (Wildman–Crippen LogP) is 0.648. The molecule has 1 aromatic heterocycles. The van der Waals surface area contributed by atoms with Crippen LogP contribution in [0.25, 0.3) is 0 Å². The maximum absolute atomic E-state index is 6.49. The Labute approximate surface area is 112 Å². The Balaban J connectivity index is 1.77. The zero-order valence-corrected chi connectivity index (χ0v) is 11.0. The van der Waals surface area contributed by atoms with Crippen LogP contribution in [0.5, 0.6) is 0 Å². The van der Waals surface area contributed by atoms with Crippen molar-refractivity contribution in [2.45, 2.75) is 31.5 Å². The number of tetrazole rings is 1. The van der Waals surface area contributed by atoms with Gasteiger partial charge in [0, 0.05) is 19.1 Å². The lowest BCUT2D eigenvalue weighted by molar-refractivity contribution is 0.211. The van der Waals surface area contributed by atoms with Crippen LogP contribution in [0.1, 0.15) is 24.7 Å². The third-order valence-electron chi connectivity index (χ3n) is 4.10. The molecular formula is C13H18N6. The van der Waals surface area contributed by atoms with Gasteiger partial charge in [0.05, 0.1) is 5.54 Å². The SMILES string of the molecule is CC1N(Cc2ccccc2)CCC1(N)c1nn[nH]n1.